The molecule has 0 radical (unpaired) electrons. The van der Waals surface area contributed by atoms with Crippen LogP contribution in [0.2, 0.25) is 0 Å². The van der Waals surface area contributed by atoms with Gasteiger partial charge in [0.25, 0.3) is 0 Å². The van der Waals surface area contributed by atoms with E-state index in [9.17, 15) is 5.11 Å². The van der Waals surface area contributed by atoms with Crippen molar-refractivity contribution in [2.75, 3.05) is 6.61 Å². The first kappa shape index (κ1) is 8.73. The summed E-state index contributed by atoms with van der Waals surface area (Å²) in [6.45, 7) is 4.37. The lowest BCUT2D eigenvalue weighted by Crippen LogP contribution is -2.37. The zero-order chi connectivity index (χ0) is 9.53. The van der Waals surface area contributed by atoms with Crippen molar-refractivity contribution in [3.05, 3.63) is 35.9 Å². The first-order valence-electron chi connectivity index (χ1n) is 4.48. The normalized spacial score (nSPS) is 31.0. The van der Waals surface area contributed by atoms with E-state index in [2.05, 4.69) is 0 Å². The van der Waals surface area contributed by atoms with E-state index >= 15 is 0 Å². The molecule has 0 amide bonds. The molecule has 1 unspecified atom stereocenters. The summed E-state index contributed by atoms with van der Waals surface area (Å²) in [5.41, 5.74) is -0.363. The molecule has 1 heterocycles. The van der Waals surface area contributed by atoms with Crippen molar-refractivity contribution in [2.45, 2.75) is 25.0 Å². The lowest BCUT2D eigenvalue weighted by Gasteiger charge is -2.28. The van der Waals surface area contributed by atoms with Gasteiger partial charge in [0.05, 0.1) is 6.61 Å². The summed E-state index contributed by atoms with van der Waals surface area (Å²) in [5, 5.41) is 10.3. The van der Waals surface area contributed by atoms with Crippen molar-refractivity contribution in [1.82, 2.24) is 0 Å². The molecule has 1 aliphatic heterocycles. The standard InChI is InChI=1S/C11H14O2/c1-10(8-13-10)11(2,12)9-6-4-3-5-7-9/h3-7,12H,8H2,1-2H3/t10-,11?/m1/s1. The van der Waals surface area contributed by atoms with Crippen molar-refractivity contribution < 1.29 is 9.84 Å². The van der Waals surface area contributed by atoms with Gasteiger partial charge in [-0.2, -0.15) is 0 Å². The van der Waals surface area contributed by atoms with Crippen molar-refractivity contribution >= 4 is 0 Å². The van der Waals surface area contributed by atoms with E-state index in [1.807, 2.05) is 37.3 Å². The van der Waals surface area contributed by atoms with Crippen LogP contribution in [0.4, 0.5) is 0 Å². The van der Waals surface area contributed by atoms with Gasteiger partial charge in [-0.1, -0.05) is 30.3 Å². The monoisotopic (exact) mass is 178 g/mol. The van der Waals surface area contributed by atoms with Crippen LogP contribution >= 0.6 is 0 Å². The van der Waals surface area contributed by atoms with E-state index < -0.39 is 11.2 Å². The highest BCUT2D eigenvalue weighted by atomic mass is 16.6. The molecule has 0 aliphatic carbocycles. The predicted molar refractivity (Wildman–Crippen MR) is 50.4 cm³/mol. The van der Waals surface area contributed by atoms with Crippen LogP contribution in [0.3, 0.4) is 0 Å². The maximum absolute atomic E-state index is 10.3. The maximum Gasteiger partial charge on any atom is 0.121 e. The fraction of sp³-hybridized carbons (Fsp3) is 0.455. The van der Waals surface area contributed by atoms with E-state index in [1.54, 1.807) is 6.92 Å². The molecular formula is C11H14O2. The molecule has 2 rings (SSSR count). The van der Waals surface area contributed by atoms with Gasteiger partial charge >= 0.3 is 0 Å². The number of epoxide rings is 1. The molecule has 1 aromatic rings. The summed E-state index contributed by atoms with van der Waals surface area (Å²) in [4.78, 5) is 0. The van der Waals surface area contributed by atoms with Crippen molar-refractivity contribution in [1.29, 1.82) is 0 Å². The number of rotatable bonds is 2. The minimum Gasteiger partial charge on any atom is -0.382 e. The van der Waals surface area contributed by atoms with Crippen LogP contribution < -0.4 is 0 Å². The highest BCUT2D eigenvalue weighted by Gasteiger charge is 2.55. The maximum atomic E-state index is 10.3. The molecule has 0 spiro atoms. The van der Waals surface area contributed by atoms with E-state index in [4.69, 9.17) is 4.74 Å². The Morgan fingerprint density at radius 1 is 1.38 bits per heavy atom. The van der Waals surface area contributed by atoms with Gasteiger partial charge in [-0.15, -0.1) is 0 Å². The number of ether oxygens (including phenoxy) is 1. The fourth-order valence-corrected chi connectivity index (χ4v) is 1.46. The average molecular weight is 178 g/mol. The van der Waals surface area contributed by atoms with Crippen LogP contribution in [0.15, 0.2) is 30.3 Å². The number of benzene rings is 1. The van der Waals surface area contributed by atoms with Crippen LogP contribution in [0.5, 0.6) is 0 Å². The van der Waals surface area contributed by atoms with Gasteiger partial charge in [0.1, 0.15) is 11.2 Å². The summed E-state index contributed by atoms with van der Waals surface area (Å²) >= 11 is 0. The second-order valence-corrected chi connectivity index (χ2v) is 3.96. The highest BCUT2D eigenvalue weighted by Crippen LogP contribution is 2.44. The minimum atomic E-state index is -0.881. The molecule has 13 heavy (non-hydrogen) atoms. The molecule has 1 aromatic carbocycles. The van der Waals surface area contributed by atoms with E-state index in [-0.39, 0.29) is 0 Å². The van der Waals surface area contributed by atoms with E-state index in [0.717, 1.165) is 5.56 Å². The van der Waals surface area contributed by atoms with Gasteiger partial charge in [-0.25, -0.2) is 0 Å². The Hall–Kier alpha value is -0.860. The Kier molecular flexibility index (Phi) is 1.72. The smallest absolute Gasteiger partial charge is 0.121 e. The third-order valence-electron chi connectivity index (χ3n) is 2.94. The van der Waals surface area contributed by atoms with Gasteiger partial charge in [-0.3, -0.25) is 0 Å². The summed E-state index contributed by atoms with van der Waals surface area (Å²) in [5.74, 6) is 0. The zero-order valence-electron chi connectivity index (χ0n) is 7.95. The first-order chi connectivity index (χ1) is 6.06. The molecule has 1 aliphatic rings. The fourth-order valence-electron chi connectivity index (χ4n) is 1.46. The minimum absolute atomic E-state index is 0.394. The lowest BCUT2D eigenvalue weighted by molar-refractivity contribution is -0.0190. The molecule has 2 heteroatoms. The highest BCUT2D eigenvalue weighted by molar-refractivity contribution is 5.27. The first-order valence-corrected chi connectivity index (χ1v) is 4.48. The van der Waals surface area contributed by atoms with Crippen molar-refractivity contribution in [3.8, 4) is 0 Å². The third kappa shape index (κ3) is 1.26. The van der Waals surface area contributed by atoms with Crippen molar-refractivity contribution in [2.24, 2.45) is 0 Å². The average Bonchev–Trinajstić information content (AvgIpc) is 2.87. The van der Waals surface area contributed by atoms with Crippen LogP contribution in [0.1, 0.15) is 19.4 Å². The molecule has 0 bridgehead atoms. The van der Waals surface area contributed by atoms with E-state index in [0.29, 0.717) is 6.61 Å². The molecule has 2 atom stereocenters. The van der Waals surface area contributed by atoms with Crippen molar-refractivity contribution in [3.63, 3.8) is 0 Å². The van der Waals surface area contributed by atoms with Crippen LogP contribution in [-0.2, 0) is 10.3 Å². The van der Waals surface area contributed by atoms with Crippen LogP contribution in [-0.4, -0.2) is 17.3 Å². The Morgan fingerprint density at radius 3 is 2.38 bits per heavy atom. The quantitative estimate of drug-likeness (QED) is 0.699. The topological polar surface area (TPSA) is 32.8 Å². The summed E-state index contributed by atoms with van der Waals surface area (Å²) in [7, 11) is 0. The lowest BCUT2D eigenvalue weighted by atomic mass is 9.84. The van der Waals surface area contributed by atoms with Gasteiger partial charge in [0.15, 0.2) is 0 Å². The zero-order valence-corrected chi connectivity index (χ0v) is 7.95. The molecule has 70 valence electrons. The molecule has 2 nitrogen and oxygen atoms in total. The van der Waals surface area contributed by atoms with Crippen LogP contribution in [0, 0.1) is 0 Å². The molecule has 0 saturated carbocycles. The SMILES string of the molecule is CC(O)(c1ccccc1)[C@@]1(C)CO1. The third-order valence-corrected chi connectivity index (χ3v) is 2.94. The number of aliphatic hydroxyl groups is 1. The number of hydrogen-bond acceptors (Lipinski definition) is 2. The Morgan fingerprint density at radius 2 is 1.92 bits per heavy atom. The number of hydrogen-bond donors (Lipinski definition) is 1. The van der Waals surface area contributed by atoms with Gasteiger partial charge in [0, 0.05) is 0 Å². The van der Waals surface area contributed by atoms with Gasteiger partial charge in [-0.05, 0) is 19.4 Å². The summed E-state index contributed by atoms with van der Waals surface area (Å²) < 4.78 is 5.27. The molecule has 1 saturated heterocycles. The van der Waals surface area contributed by atoms with Gasteiger partial charge in [0.2, 0.25) is 0 Å². The largest absolute Gasteiger partial charge is 0.382 e. The van der Waals surface area contributed by atoms with Gasteiger partial charge < -0.3 is 9.84 Å². The molecule has 0 aromatic heterocycles. The Labute approximate surface area is 78.2 Å². The molecule has 1 fully saturated rings. The molecule has 1 N–H and O–H groups in total. The Bertz CT molecular complexity index is 299. The predicted octanol–water partition coefficient (Wildman–Crippen LogP) is 1.68. The Balaban J connectivity index is 2.35. The molecular weight excluding hydrogens is 164 g/mol. The summed E-state index contributed by atoms with van der Waals surface area (Å²) in [6, 6.07) is 9.64. The summed E-state index contributed by atoms with van der Waals surface area (Å²) in [6.07, 6.45) is 0. The second kappa shape index (κ2) is 2.56. The van der Waals surface area contributed by atoms with Crippen LogP contribution in [0.25, 0.3) is 0 Å². The van der Waals surface area contributed by atoms with E-state index in [1.165, 1.54) is 0 Å². The second-order valence-electron chi connectivity index (χ2n) is 3.96.